The minimum atomic E-state index is 0.145. The molecule has 1 rings (SSSR count). The van der Waals surface area contributed by atoms with Crippen molar-refractivity contribution in [1.29, 1.82) is 0 Å². The van der Waals surface area contributed by atoms with E-state index in [2.05, 4.69) is 24.3 Å². The van der Waals surface area contributed by atoms with Gasteiger partial charge in [0, 0.05) is 6.20 Å². The van der Waals surface area contributed by atoms with Gasteiger partial charge in [-0.05, 0) is 18.1 Å². The Bertz CT molecular complexity index is 220. The van der Waals surface area contributed by atoms with E-state index in [0.717, 1.165) is 5.69 Å². The van der Waals surface area contributed by atoms with E-state index in [9.17, 15) is 0 Å². The van der Waals surface area contributed by atoms with Gasteiger partial charge in [-0.2, -0.15) is 0 Å². The fourth-order valence-corrected chi connectivity index (χ4v) is 1.18. The third-order valence-corrected chi connectivity index (χ3v) is 1.85. The molecule has 0 amide bonds. The van der Waals surface area contributed by atoms with Gasteiger partial charge >= 0.3 is 0 Å². The molecule has 0 aromatic carbocycles. The lowest BCUT2D eigenvalue weighted by atomic mass is 10.0. The van der Waals surface area contributed by atoms with Crippen molar-refractivity contribution in [1.82, 2.24) is 10.4 Å². The van der Waals surface area contributed by atoms with Crippen LogP contribution in [0.1, 0.15) is 25.6 Å². The van der Waals surface area contributed by atoms with Crippen molar-refractivity contribution in [2.45, 2.75) is 19.9 Å². The highest BCUT2D eigenvalue weighted by Gasteiger charge is 2.13. The average molecular weight is 165 g/mol. The molecule has 0 saturated carbocycles. The summed E-state index contributed by atoms with van der Waals surface area (Å²) < 4.78 is 0. The minimum absolute atomic E-state index is 0.145. The Labute approximate surface area is 73.0 Å². The fourth-order valence-electron chi connectivity index (χ4n) is 1.18. The second-order valence-corrected chi connectivity index (χ2v) is 3.14. The summed E-state index contributed by atoms with van der Waals surface area (Å²) in [5.74, 6) is 5.86. The topological polar surface area (TPSA) is 50.9 Å². The van der Waals surface area contributed by atoms with Gasteiger partial charge in [-0.25, -0.2) is 0 Å². The van der Waals surface area contributed by atoms with Crippen molar-refractivity contribution in [3.8, 4) is 0 Å². The Morgan fingerprint density at radius 1 is 1.42 bits per heavy atom. The quantitative estimate of drug-likeness (QED) is 0.523. The molecule has 3 N–H and O–H groups in total. The van der Waals surface area contributed by atoms with Crippen LogP contribution in [0.15, 0.2) is 24.4 Å². The Morgan fingerprint density at radius 3 is 2.58 bits per heavy atom. The highest BCUT2D eigenvalue weighted by molar-refractivity contribution is 5.08. The van der Waals surface area contributed by atoms with Crippen LogP contribution < -0.4 is 11.3 Å². The van der Waals surface area contributed by atoms with Crippen molar-refractivity contribution in [2.24, 2.45) is 11.8 Å². The van der Waals surface area contributed by atoms with E-state index in [1.165, 1.54) is 0 Å². The molecule has 0 aliphatic heterocycles. The summed E-state index contributed by atoms with van der Waals surface area (Å²) in [6.45, 7) is 4.22. The van der Waals surface area contributed by atoms with Crippen LogP contribution in [0.2, 0.25) is 0 Å². The average Bonchev–Trinajstić information content (AvgIpc) is 2.07. The molecule has 0 radical (unpaired) electrons. The van der Waals surface area contributed by atoms with E-state index in [-0.39, 0.29) is 6.04 Å². The zero-order valence-corrected chi connectivity index (χ0v) is 7.49. The van der Waals surface area contributed by atoms with Crippen LogP contribution in [-0.4, -0.2) is 4.98 Å². The maximum Gasteiger partial charge on any atom is 0.0655 e. The third kappa shape index (κ3) is 2.03. The zero-order chi connectivity index (χ0) is 8.97. The van der Waals surface area contributed by atoms with Gasteiger partial charge in [-0.3, -0.25) is 16.3 Å². The van der Waals surface area contributed by atoms with Crippen molar-refractivity contribution >= 4 is 0 Å². The SMILES string of the molecule is CC(C)C(NN)c1ccccn1. The Hall–Kier alpha value is -0.930. The molecule has 1 unspecified atom stereocenters. The summed E-state index contributed by atoms with van der Waals surface area (Å²) in [4.78, 5) is 4.23. The molecule has 0 bridgehead atoms. The number of hydrazine groups is 1. The molecule has 66 valence electrons. The maximum atomic E-state index is 5.42. The number of hydrogen-bond donors (Lipinski definition) is 2. The summed E-state index contributed by atoms with van der Waals surface area (Å²) in [5, 5.41) is 0. The monoisotopic (exact) mass is 165 g/mol. The Kier molecular flexibility index (Phi) is 3.19. The van der Waals surface area contributed by atoms with Gasteiger partial charge < -0.3 is 0 Å². The highest BCUT2D eigenvalue weighted by atomic mass is 15.2. The van der Waals surface area contributed by atoms with E-state index in [4.69, 9.17) is 5.84 Å². The number of nitrogens with one attached hydrogen (secondary N) is 1. The molecule has 0 spiro atoms. The molecule has 1 heterocycles. The summed E-state index contributed by atoms with van der Waals surface area (Å²) in [7, 11) is 0. The van der Waals surface area contributed by atoms with E-state index >= 15 is 0 Å². The third-order valence-electron chi connectivity index (χ3n) is 1.85. The molecule has 1 aromatic heterocycles. The summed E-state index contributed by atoms with van der Waals surface area (Å²) >= 11 is 0. The van der Waals surface area contributed by atoms with Crippen LogP contribution in [0.4, 0.5) is 0 Å². The number of rotatable bonds is 3. The molecule has 3 nitrogen and oxygen atoms in total. The molecule has 0 aliphatic carbocycles. The first-order chi connectivity index (χ1) is 5.75. The van der Waals surface area contributed by atoms with Crippen molar-refractivity contribution in [3.63, 3.8) is 0 Å². The standard InChI is InChI=1S/C9H15N3/c1-7(2)9(12-10)8-5-3-4-6-11-8/h3-7,9,12H,10H2,1-2H3. The first kappa shape index (κ1) is 9.16. The zero-order valence-electron chi connectivity index (χ0n) is 7.49. The first-order valence-electron chi connectivity index (χ1n) is 4.12. The number of hydrogen-bond acceptors (Lipinski definition) is 3. The smallest absolute Gasteiger partial charge is 0.0655 e. The Morgan fingerprint density at radius 2 is 2.17 bits per heavy atom. The maximum absolute atomic E-state index is 5.42. The number of nitrogens with zero attached hydrogens (tertiary/aromatic N) is 1. The number of aromatic nitrogens is 1. The highest BCUT2D eigenvalue weighted by Crippen LogP contribution is 2.17. The molecule has 0 aliphatic rings. The minimum Gasteiger partial charge on any atom is -0.271 e. The lowest BCUT2D eigenvalue weighted by Gasteiger charge is -2.18. The molecule has 0 fully saturated rings. The number of nitrogens with two attached hydrogens (primary N) is 1. The van der Waals surface area contributed by atoms with Gasteiger partial charge in [-0.15, -0.1) is 0 Å². The second kappa shape index (κ2) is 4.18. The molecule has 1 atom stereocenters. The van der Waals surface area contributed by atoms with Gasteiger partial charge in [0.1, 0.15) is 0 Å². The molecule has 0 saturated heterocycles. The Balaban J connectivity index is 2.80. The van der Waals surface area contributed by atoms with Gasteiger partial charge in [-0.1, -0.05) is 19.9 Å². The predicted molar refractivity (Wildman–Crippen MR) is 49.1 cm³/mol. The summed E-state index contributed by atoms with van der Waals surface area (Å²) in [6, 6.07) is 5.99. The largest absolute Gasteiger partial charge is 0.271 e. The lowest BCUT2D eigenvalue weighted by Crippen LogP contribution is -2.32. The van der Waals surface area contributed by atoms with Crippen LogP contribution in [0.25, 0.3) is 0 Å². The van der Waals surface area contributed by atoms with Crippen LogP contribution in [-0.2, 0) is 0 Å². The predicted octanol–water partition coefficient (Wildman–Crippen LogP) is 1.24. The molecular weight excluding hydrogens is 150 g/mol. The van der Waals surface area contributed by atoms with Crippen LogP contribution in [0, 0.1) is 5.92 Å². The number of pyridine rings is 1. The van der Waals surface area contributed by atoms with Gasteiger partial charge in [0.25, 0.3) is 0 Å². The van der Waals surface area contributed by atoms with Crippen LogP contribution in [0.3, 0.4) is 0 Å². The summed E-state index contributed by atoms with van der Waals surface area (Å²) in [5.41, 5.74) is 3.75. The normalized spacial score (nSPS) is 13.3. The van der Waals surface area contributed by atoms with Gasteiger partial charge in [0.2, 0.25) is 0 Å². The lowest BCUT2D eigenvalue weighted by molar-refractivity contribution is 0.412. The molecule has 3 heteroatoms. The van der Waals surface area contributed by atoms with E-state index in [1.807, 2.05) is 18.2 Å². The first-order valence-corrected chi connectivity index (χ1v) is 4.12. The second-order valence-electron chi connectivity index (χ2n) is 3.14. The van der Waals surface area contributed by atoms with E-state index in [0.29, 0.717) is 5.92 Å². The van der Waals surface area contributed by atoms with Crippen molar-refractivity contribution < 1.29 is 0 Å². The summed E-state index contributed by atoms with van der Waals surface area (Å²) in [6.07, 6.45) is 1.78. The van der Waals surface area contributed by atoms with Gasteiger partial charge in [0.15, 0.2) is 0 Å². The molecule has 12 heavy (non-hydrogen) atoms. The van der Waals surface area contributed by atoms with Crippen molar-refractivity contribution in [3.05, 3.63) is 30.1 Å². The molecular formula is C9H15N3. The van der Waals surface area contributed by atoms with E-state index in [1.54, 1.807) is 6.20 Å². The van der Waals surface area contributed by atoms with Crippen LogP contribution >= 0.6 is 0 Å². The van der Waals surface area contributed by atoms with Crippen LogP contribution in [0.5, 0.6) is 0 Å². The van der Waals surface area contributed by atoms with Crippen molar-refractivity contribution in [2.75, 3.05) is 0 Å². The molecule has 1 aromatic rings. The van der Waals surface area contributed by atoms with E-state index < -0.39 is 0 Å². The fraction of sp³-hybridized carbons (Fsp3) is 0.444. The van der Waals surface area contributed by atoms with Gasteiger partial charge in [0.05, 0.1) is 11.7 Å².